The molecule has 1 fully saturated rings. The smallest absolute Gasteiger partial charge is 0.0521 e. The number of aromatic nitrogens is 2. The molecule has 4 nitrogen and oxygen atoms in total. The van der Waals surface area contributed by atoms with Gasteiger partial charge in [-0.25, -0.2) is 0 Å². The number of nitrogens with two attached hydrogens (primary N) is 1. The van der Waals surface area contributed by atoms with Crippen molar-refractivity contribution in [3.05, 3.63) is 18.0 Å². The molecule has 0 bridgehead atoms. The summed E-state index contributed by atoms with van der Waals surface area (Å²) < 4.78 is 1.94. The summed E-state index contributed by atoms with van der Waals surface area (Å²) in [6.45, 7) is 4.14. The highest BCUT2D eigenvalue weighted by Gasteiger charge is 2.21. The zero-order chi connectivity index (χ0) is 9.97. The predicted octanol–water partition coefficient (Wildman–Crippen LogP) is 0.201. The van der Waals surface area contributed by atoms with Gasteiger partial charge in [-0.2, -0.15) is 5.10 Å². The summed E-state index contributed by atoms with van der Waals surface area (Å²) in [4.78, 5) is 2.45. The second kappa shape index (κ2) is 4.11. The first-order valence-electron chi connectivity index (χ1n) is 5.19. The van der Waals surface area contributed by atoms with Gasteiger partial charge in [0, 0.05) is 26.3 Å². The van der Waals surface area contributed by atoms with Gasteiger partial charge in [-0.3, -0.25) is 9.58 Å². The zero-order valence-electron chi connectivity index (χ0n) is 8.69. The Kier molecular flexibility index (Phi) is 2.84. The van der Waals surface area contributed by atoms with Crippen molar-refractivity contribution in [3.8, 4) is 0 Å². The highest BCUT2D eigenvalue weighted by Crippen LogP contribution is 2.16. The molecule has 0 amide bonds. The number of aryl methyl sites for hydroxylation is 1. The summed E-state index contributed by atoms with van der Waals surface area (Å²) >= 11 is 0. The Morgan fingerprint density at radius 3 is 3.07 bits per heavy atom. The molecule has 1 aromatic rings. The maximum absolute atomic E-state index is 5.66. The third-order valence-electron chi connectivity index (χ3n) is 3.01. The molecule has 0 spiro atoms. The first-order valence-corrected chi connectivity index (χ1v) is 5.19. The number of rotatable bonds is 3. The topological polar surface area (TPSA) is 47.1 Å². The van der Waals surface area contributed by atoms with Gasteiger partial charge in [0.15, 0.2) is 0 Å². The van der Waals surface area contributed by atoms with Crippen molar-refractivity contribution in [2.45, 2.75) is 13.0 Å². The molecule has 2 N–H and O–H groups in total. The van der Waals surface area contributed by atoms with E-state index in [1.54, 1.807) is 0 Å². The fourth-order valence-electron chi connectivity index (χ4n) is 2.03. The molecular weight excluding hydrogens is 176 g/mol. The second-order valence-corrected chi connectivity index (χ2v) is 4.07. The van der Waals surface area contributed by atoms with Gasteiger partial charge in [-0.05, 0) is 31.5 Å². The molecule has 2 heterocycles. The van der Waals surface area contributed by atoms with Crippen LogP contribution in [-0.2, 0) is 13.6 Å². The summed E-state index contributed by atoms with van der Waals surface area (Å²) in [5.41, 5.74) is 6.94. The molecule has 1 unspecified atom stereocenters. The lowest BCUT2D eigenvalue weighted by Gasteiger charge is -2.15. The average molecular weight is 194 g/mol. The van der Waals surface area contributed by atoms with E-state index in [0.29, 0.717) is 5.92 Å². The molecule has 4 heteroatoms. The summed E-state index contributed by atoms with van der Waals surface area (Å²) in [6, 6.07) is 2.08. The number of hydrogen-bond donors (Lipinski definition) is 1. The van der Waals surface area contributed by atoms with Crippen LogP contribution in [0.3, 0.4) is 0 Å². The molecule has 2 rings (SSSR count). The largest absolute Gasteiger partial charge is 0.330 e. The molecule has 78 valence electrons. The highest BCUT2D eigenvalue weighted by atomic mass is 15.3. The molecule has 1 aliphatic rings. The van der Waals surface area contributed by atoms with E-state index < -0.39 is 0 Å². The summed E-state index contributed by atoms with van der Waals surface area (Å²) in [5.74, 6) is 0.697. The van der Waals surface area contributed by atoms with E-state index in [2.05, 4.69) is 16.1 Å². The maximum atomic E-state index is 5.66. The predicted molar refractivity (Wildman–Crippen MR) is 55.6 cm³/mol. The first kappa shape index (κ1) is 9.68. The van der Waals surface area contributed by atoms with Gasteiger partial charge in [0.25, 0.3) is 0 Å². The Morgan fingerprint density at radius 2 is 2.50 bits per heavy atom. The number of likely N-dealkylation sites (tertiary alicyclic amines) is 1. The Bertz CT molecular complexity index is 294. The molecule has 0 saturated carbocycles. The van der Waals surface area contributed by atoms with Gasteiger partial charge in [0.1, 0.15) is 0 Å². The summed E-state index contributed by atoms with van der Waals surface area (Å²) in [5, 5.41) is 4.16. The van der Waals surface area contributed by atoms with Gasteiger partial charge >= 0.3 is 0 Å². The van der Waals surface area contributed by atoms with Crippen LogP contribution in [-0.4, -0.2) is 34.3 Å². The second-order valence-electron chi connectivity index (χ2n) is 4.07. The fraction of sp³-hybridized carbons (Fsp3) is 0.700. The van der Waals surface area contributed by atoms with Crippen LogP contribution in [0.25, 0.3) is 0 Å². The summed E-state index contributed by atoms with van der Waals surface area (Å²) in [6.07, 6.45) is 3.10. The van der Waals surface area contributed by atoms with Gasteiger partial charge < -0.3 is 5.73 Å². The van der Waals surface area contributed by atoms with Gasteiger partial charge in [-0.15, -0.1) is 0 Å². The summed E-state index contributed by atoms with van der Waals surface area (Å²) in [7, 11) is 1.99. The molecule has 1 aromatic heterocycles. The van der Waals surface area contributed by atoms with Gasteiger partial charge in [-0.1, -0.05) is 0 Å². The van der Waals surface area contributed by atoms with Crippen molar-refractivity contribution in [1.82, 2.24) is 14.7 Å². The van der Waals surface area contributed by atoms with Crippen molar-refractivity contribution >= 4 is 0 Å². The maximum Gasteiger partial charge on any atom is 0.0521 e. The Hall–Kier alpha value is -0.870. The zero-order valence-corrected chi connectivity index (χ0v) is 8.69. The van der Waals surface area contributed by atoms with Crippen molar-refractivity contribution in [1.29, 1.82) is 0 Å². The number of hydrogen-bond acceptors (Lipinski definition) is 3. The van der Waals surface area contributed by atoms with Crippen molar-refractivity contribution < 1.29 is 0 Å². The van der Waals surface area contributed by atoms with E-state index in [4.69, 9.17) is 5.73 Å². The Balaban J connectivity index is 1.90. The minimum absolute atomic E-state index is 0.697. The highest BCUT2D eigenvalue weighted by molar-refractivity contribution is 5.00. The SMILES string of the molecule is Cn1nccc1CN1CCC(CN)C1. The molecular formula is C10H18N4. The van der Waals surface area contributed by atoms with E-state index >= 15 is 0 Å². The van der Waals surface area contributed by atoms with Gasteiger partial charge in [0.2, 0.25) is 0 Å². The molecule has 1 atom stereocenters. The third-order valence-corrected chi connectivity index (χ3v) is 3.01. The number of nitrogens with zero attached hydrogens (tertiary/aromatic N) is 3. The van der Waals surface area contributed by atoms with Crippen LogP contribution in [0.5, 0.6) is 0 Å². The molecule has 1 saturated heterocycles. The van der Waals surface area contributed by atoms with Crippen LogP contribution >= 0.6 is 0 Å². The van der Waals surface area contributed by atoms with Crippen LogP contribution in [0.15, 0.2) is 12.3 Å². The Labute approximate surface area is 84.7 Å². The lowest BCUT2D eigenvalue weighted by atomic mass is 10.1. The molecule has 0 radical (unpaired) electrons. The normalized spacial score (nSPS) is 23.1. The standard InChI is InChI=1S/C10H18N4/c1-13-10(2-4-12-13)8-14-5-3-9(6-11)7-14/h2,4,9H,3,5-8,11H2,1H3. The lowest BCUT2D eigenvalue weighted by Crippen LogP contribution is -2.23. The molecule has 0 aliphatic carbocycles. The van der Waals surface area contributed by atoms with Crippen molar-refractivity contribution in [3.63, 3.8) is 0 Å². The van der Waals surface area contributed by atoms with Crippen molar-refractivity contribution in [2.24, 2.45) is 18.7 Å². The minimum atomic E-state index is 0.697. The first-order chi connectivity index (χ1) is 6.79. The minimum Gasteiger partial charge on any atom is -0.330 e. The third kappa shape index (κ3) is 1.96. The van der Waals surface area contributed by atoms with Crippen molar-refractivity contribution in [2.75, 3.05) is 19.6 Å². The van der Waals surface area contributed by atoms with E-state index in [1.807, 2.05) is 17.9 Å². The van der Waals surface area contributed by atoms with E-state index in [-0.39, 0.29) is 0 Å². The quantitative estimate of drug-likeness (QED) is 0.747. The van der Waals surface area contributed by atoms with Crippen LogP contribution in [0.1, 0.15) is 12.1 Å². The molecule has 0 aromatic carbocycles. The van der Waals surface area contributed by atoms with Gasteiger partial charge in [0.05, 0.1) is 5.69 Å². The van der Waals surface area contributed by atoms with Crippen LogP contribution < -0.4 is 5.73 Å². The van der Waals surface area contributed by atoms with E-state index in [9.17, 15) is 0 Å². The average Bonchev–Trinajstić information content (AvgIpc) is 2.77. The van der Waals surface area contributed by atoms with E-state index in [1.165, 1.54) is 18.7 Å². The van der Waals surface area contributed by atoms with Crippen LogP contribution in [0.4, 0.5) is 0 Å². The monoisotopic (exact) mass is 194 g/mol. The fourth-order valence-corrected chi connectivity index (χ4v) is 2.03. The Morgan fingerprint density at radius 1 is 1.64 bits per heavy atom. The molecule has 14 heavy (non-hydrogen) atoms. The lowest BCUT2D eigenvalue weighted by molar-refractivity contribution is 0.308. The van der Waals surface area contributed by atoms with E-state index in [0.717, 1.165) is 19.6 Å². The molecule has 1 aliphatic heterocycles. The van der Waals surface area contributed by atoms with Crippen LogP contribution in [0, 0.1) is 5.92 Å². The van der Waals surface area contributed by atoms with Crippen LogP contribution in [0.2, 0.25) is 0 Å².